The molecule has 0 bridgehead atoms. The van der Waals surface area contributed by atoms with Gasteiger partial charge in [-0.05, 0) is 62.1 Å². The predicted molar refractivity (Wildman–Crippen MR) is 117 cm³/mol. The van der Waals surface area contributed by atoms with E-state index in [9.17, 15) is 0 Å². The van der Waals surface area contributed by atoms with Gasteiger partial charge in [-0.3, -0.25) is 0 Å². The van der Waals surface area contributed by atoms with Gasteiger partial charge in [-0.1, -0.05) is 72.4 Å². The molecular formula is C28H23F. The first-order valence-electron chi connectivity index (χ1n) is 10.2. The van der Waals surface area contributed by atoms with E-state index in [0.29, 0.717) is 5.56 Å². The molecule has 1 heteroatoms. The van der Waals surface area contributed by atoms with E-state index < -0.39 is 0 Å². The minimum Gasteiger partial charge on any atom is -0.205 e. The molecule has 0 heterocycles. The first-order valence-corrected chi connectivity index (χ1v) is 10.2. The summed E-state index contributed by atoms with van der Waals surface area (Å²) in [6.45, 7) is 2.06. The summed E-state index contributed by atoms with van der Waals surface area (Å²) >= 11 is 0. The molecular weight excluding hydrogens is 355 g/mol. The van der Waals surface area contributed by atoms with Crippen LogP contribution in [0, 0.1) is 36.4 Å². The monoisotopic (exact) mass is 378 g/mol. The fourth-order valence-electron chi connectivity index (χ4n) is 3.85. The van der Waals surface area contributed by atoms with Crippen LogP contribution >= 0.6 is 0 Å². The van der Waals surface area contributed by atoms with Crippen molar-refractivity contribution in [2.45, 2.75) is 38.5 Å². The molecule has 1 aliphatic carbocycles. The van der Waals surface area contributed by atoms with Crippen LogP contribution in [-0.2, 0) is 0 Å². The molecule has 4 rings (SSSR count). The van der Waals surface area contributed by atoms with E-state index in [4.69, 9.17) is 0 Å². The van der Waals surface area contributed by atoms with Gasteiger partial charge in [0, 0.05) is 22.3 Å². The number of hydrogen-bond acceptors (Lipinski definition) is 0. The molecule has 0 aromatic heterocycles. The zero-order valence-corrected chi connectivity index (χ0v) is 16.6. The molecule has 0 unspecified atom stereocenters. The smallest absolute Gasteiger partial charge is 0.143 e. The maximum absolute atomic E-state index is 15.5. The van der Waals surface area contributed by atoms with Gasteiger partial charge >= 0.3 is 0 Å². The van der Waals surface area contributed by atoms with Crippen LogP contribution in [0.3, 0.4) is 0 Å². The third-order valence-electron chi connectivity index (χ3n) is 5.45. The van der Waals surface area contributed by atoms with Gasteiger partial charge in [0.25, 0.3) is 0 Å². The molecule has 142 valence electrons. The van der Waals surface area contributed by atoms with Crippen molar-refractivity contribution in [2.24, 2.45) is 0 Å². The second-order valence-corrected chi connectivity index (χ2v) is 7.60. The maximum atomic E-state index is 15.5. The van der Waals surface area contributed by atoms with Crippen molar-refractivity contribution >= 4 is 0 Å². The molecule has 29 heavy (non-hydrogen) atoms. The van der Waals surface area contributed by atoms with Crippen LogP contribution in [0.25, 0.3) is 0 Å². The topological polar surface area (TPSA) is 0 Å². The molecule has 0 amide bonds. The number of rotatable bonds is 1. The second-order valence-electron chi connectivity index (χ2n) is 7.60. The highest BCUT2D eigenvalue weighted by molar-refractivity contribution is 5.54. The summed E-state index contributed by atoms with van der Waals surface area (Å²) in [7, 11) is 0. The number of benzene rings is 3. The second kappa shape index (κ2) is 8.81. The normalized spacial score (nSPS) is 13.3. The third-order valence-corrected chi connectivity index (χ3v) is 5.45. The molecule has 3 aromatic rings. The Bertz CT molecular complexity index is 1110. The summed E-state index contributed by atoms with van der Waals surface area (Å²) < 4.78 is 15.5. The highest BCUT2D eigenvalue weighted by atomic mass is 19.1. The summed E-state index contributed by atoms with van der Waals surface area (Å²) in [5, 5.41) is 0. The SMILES string of the molecule is Cc1ccc(C#Cc2ccc(C#Cc3ccccc3)c(F)c2C2CCCC2)cc1. The van der Waals surface area contributed by atoms with Gasteiger partial charge < -0.3 is 0 Å². The summed E-state index contributed by atoms with van der Waals surface area (Å²) in [5.41, 5.74) is 5.03. The first-order chi connectivity index (χ1) is 14.2. The van der Waals surface area contributed by atoms with Crippen molar-refractivity contribution in [3.8, 4) is 23.7 Å². The van der Waals surface area contributed by atoms with Gasteiger partial charge in [0.2, 0.25) is 0 Å². The van der Waals surface area contributed by atoms with Crippen molar-refractivity contribution in [3.05, 3.63) is 106 Å². The van der Waals surface area contributed by atoms with E-state index in [-0.39, 0.29) is 11.7 Å². The minimum atomic E-state index is -0.198. The lowest BCUT2D eigenvalue weighted by molar-refractivity contribution is 0.576. The van der Waals surface area contributed by atoms with E-state index in [2.05, 4.69) is 30.6 Å². The Hall–Kier alpha value is -3.29. The molecule has 3 aromatic carbocycles. The Balaban J connectivity index is 1.73. The van der Waals surface area contributed by atoms with Gasteiger partial charge in [0.1, 0.15) is 5.82 Å². The summed E-state index contributed by atoms with van der Waals surface area (Å²) in [6.07, 6.45) is 4.33. The quantitative estimate of drug-likeness (QED) is 0.419. The van der Waals surface area contributed by atoms with E-state index in [0.717, 1.165) is 47.9 Å². The van der Waals surface area contributed by atoms with Crippen molar-refractivity contribution < 1.29 is 4.39 Å². The van der Waals surface area contributed by atoms with Crippen molar-refractivity contribution in [1.82, 2.24) is 0 Å². The van der Waals surface area contributed by atoms with Crippen LogP contribution in [-0.4, -0.2) is 0 Å². The summed E-state index contributed by atoms with van der Waals surface area (Å²) in [4.78, 5) is 0. The minimum absolute atomic E-state index is 0.198. The first kappa shape index (κ1) is 19.0. The lowest BCUT2D eigenvalue weighted by Crippen LogP contribution is -2.03. The standard InChI is InChI=1S/C28H23F/c1-21-11-13-23(14-12-21)15-17-25-19-20-26(18-16-22-7-3-2-4-8-22)28(29)27(25)24-9-5-6-10-24/h2-4,7-8,11-14,19-20,24H,5-6,9-10H2,1H3. The van der Waals surface area contributed by atoms with Crippen molar-refractivity contribution in [3.63, 3.8) is 0 Å². The average Bonchev–Trinajstić information content (AvgIpc) is 3.28. The van der Waals surface area contributed by atoms with E-state index in [1.165, 1.54) is 5.56 Å². The molecule has 1 aliphatic rings. The van der Waals surface area contributed by atoms with Crippen LogP contribution in [0.15, 0.2) is 66.7 Å². The number of aryl methyl sites for hydroxylation is 1. The molecule has 0 radical (unpaired) electrons. The number of halogens is 1. The summed E-state index contributed by atoms with van der Waals surface area (Å²) in [6, 6.07) is 21.5. The van der Waals surface area contributed by atoms with Crippen molar-refractivity contribution in [1.29, 1.82) is 0 Å². The molecule has 0 spiro atoms. The van der Waals surface area contributed by atoms with Crippen molar-refractivity contribution in [2.75, 3.05) is 0 Å². The fraction of sp³-hybridized carbons (Fsp3) is 0.214. The van der Waals surface area contributed by atoms with Crippen LogP contribution < -0.4 is 0 Å². The Labute approximate surface area is 172 Å². The molecule has 0 atom stereocenters. The Morgan fingerprint density at radius 1 is 0.690 bits per heavy atom. The maximum Gasteiger partial charge on any atom is 0.143 e. The fourth-order valence-corrected chi connectivity index (χ4v) is 3.85. The van der Waals surface area contributed by atoms with Crippen LogP contribution in [0.4, 0.5) is 4.39 Å². The van der Waals surface area contributed by atoms with Gasteiger partial charge in [-0.25, -0.2) is 4.39 Å². The molecule has 1 saturated carbocycles. The Morgan fingerprint density at radius 3 is 1.97 bits per heavy atom. The summed E-state index contributed by atoms with van der Waals surface area (Å²) in [5.74, 6) is 12.6. The van der Waals surface area contributed by atoms with Gasteiger partial charge in [-0.15, -0.1) is 0 Å². The predicted octanol–water partition coefficient (Wildman–Crippen LogP) is 6.59. The highest BCUT2D eigenvalue weighted by Gasteiger charge is 2.24. The zero-order valence-electron chi connectivity index (χ0n) is 16.6. The molecule has 0 N–H and O–H groups in total. The van der Waals surface area contributed by atoms with E-state index >= 15 is 4.39 Å². The highest BCUT2D eigenvalue weighted by Crippen LogP contribution is 2.38. The molecule has 0 saturated heterocycles. The zero-order chi connectivity index (χ0) is 20.1. The van der Waals surface area contributed by atoms with Crippen LogP contribution in [0.2, 0.25) is 0 Å². The largest absolute Gasteiger partial charge is 0.205 e. The molecule has 0 aliphatic heterocycles. The van der Waals surface area contributed by atoms with Gasteiger partial charge in [0.05, 0.1) is 5.56 Å². The lowest BCUT2D eigenvalue weighted by Gasteiger charge is -2.14. The number of hydrogen-bond donors (Lipinski definition) is 0. The Morgan fingerprint density at radius 2 is 1.28 bits per heavy atom. The molecule has 0 nitrogen and oxygen atoms in total. The van der Waals surface area contributed by atoms with Crippen LogP contribution in [0.5, 0.6) is 0 Å². The molecule has 1 fully saturated rings. The Kier molecular flexibility index (Phi) is 5.79. The lowest BCUT2D eigenvalue weighted by atomic mass is 9.90. The van der Waals surface area contributed by atoms with Crippen LogP contribution in [0.1, 0.15) is 65.0 Å². The van der Waals surface area contributed by atoms with E-state index in [1.807, 2.05) is 60.7 Å². The van der Waals surface area contributed by atoms with E-state index in [1.54, 1.807) is 6.07 Å². The average molecular weight is 378 g/mol. The van der Waals surface area contributed by atoms with Gasteiger partial charge in [0.15, 0.2) is 0 Å². The third kappa shape index (κ3) is 4.59. The van der Waals surface area contributed by atoms with Gasteiger partial charge in [-0.2, -0.15) is 0 Å².